The van der Waals surface area contributed by atoms with E-state index in [9.17, 15) is 4.79 Å². The van der Waals surface area contributed by atoms with E-state index in [1.165, 1.54) is 0 Å². The number of amides is 1. The van der Waals surface area contributed by atoms with Gasteiger partial charge >= 0.3 is 0 Å². The molecule has 2 aromatic rings. The van der Waals surface area contributed by atoms with E-state index < -0.39 is 0 Å². The largest absolute Gasteiger partial charge is 0.354 e. The van der Waals surface area contributed by atoms with Gasteiger partial charge in [0.05, 0.1) is 12.5 Å². The first kappa shape index (κ1) is 17.9. The van der Waals surface area contributed by atoms with E-state index in [2.05, 4.69) is 27.9 Å². The molecular weight excluding hydrogens is 326 g/mol. The number of carbonyl (C=O) groups is 1. The van der Waals surface area contributed by atoms with Gasteiger partial charge in [0, 0.05) is 50.2 Å². The summed E-state index contributed by atoms with van der Waals surface area (Å²) >= 11 is 0. The van der Waals surface area contributed by atoms with Gasteiger partial charge in [0.2, 0.25) is 0 Å². The van der Waals surface area contributed by atoms with E-state index in [1.54, 1.807) is 17.2 Å². The predicted molar refractivity (Wildman–Crippen MR) is 102 cm³/mol. The highest BCUT2D eigenvalue weighted by molar-refractivity contribution is 6.06. The Labute approximate surface area is 154 Å². The van der Waals surface area contributed by atoms with Gasteiger partial charge in [-0.1, -0.05) is 18.2 Å². The van der Waals surface area contributed by atoms with Gasteiger partial charge in [-0.3, -0.25) is 4.79 Å². The van der Waals surface area contributed by atoms with E-state index >= 15 is 0 Å². The van der Waals surface area contributed by atoms with E-state index in [1.807, 2.05) is 36.4 Å². The molecular formula is C20H23N5O. The SMILES string of the molecule is CN1CCN(c2cc(C(=O)N(CCC#N)c3ccccc3)ccn2)CC1. The standard InChI is InChI=1S/C20H23N5O/c1-23-12-14-24(15-13-23)19-16-17(8-10-22-19)20(26)25(11-5-9-21)18-6-3-2-4-7-18/h2-4,6-8,10,16H,5,11-15H2,1H3. The Hall–Kier alpha value is -2.91. The molecule has 0 N–H and O–H groups in total. The van der Waals surface area contributed by atoms with Crippen molar-refractivity contribution in [3.05, 3.63) is 54.2 Å². The minimum Gasteiger partial charge on any atom is -0.354 e. The molecule has 1 amide bonds. The Morgan fingerprint density at radius 3 is 2.62 bits per heavy atom. The molecule has 0 atom stereocenters. The lowest BCUT2D eigenvalue weighted by Gasteiger charge is -2.33. The molecule has 0 spiro atoms. The first-order valence-corrected chi connectivity index (χ1v) is 8.82. The van der Waals surface area contributed by atoms with Crippen LogP contribution in [0.4, 0.5) is 11.5 Å². The third-order valence-corrected chi connectivity index (χ3v) is 4.58. The van der Waals surface area contributed by atoms with Gasteiger partial charge in [-0.05, 0) is 31.3 Å². The van der Waals surface area contributed by atoms with Crippen LogP contribution in [0.3, 0.4) is 0 Å². The van der Waals surface area contributed by atoms with Crippen molar-refractivity contribution >= 4 is 17.4 Å². The zero-order chi connectivity index (χ0) is 18.4. The molecule has 1 aliphatic heterocycles. The molecule has 3 rings (SSSR count). The summed E-state index contributed by atoms with van der Waals surface area (Å²) in [5, 5.41) is 8.94. The molecule has 2 heterocycles. The average Bonchev–Trinajstić information content (AvgIpc) is 2.69. The van der Waals surface area contributed by atoms with Gasteiger partial charge < -0.3 is 14.7 Å². The van der Waals surface area contributed by atoms with Crippen molar-refractivity contribution in [3.63, 3.8) is 0 Å². The maximum absolute atomic E-state index is 13.1. The van der Waals surface area contributed by atoms with Crippen LogP contribution in [0.5, 0.6) is 0 Å². The lowest BCUT2D eigenvalue weighted by atomic mass is 10.2. The minimum absolute atomic E-state index is 0.107. The number of rotatable bonds is 5. The Morgan fingerprint density at radius 1 is 1.19 bits per heavy atom. The third-order valence-electron chi connectivity index (χ3n) is 4.58. The molecule has 134 valence electrons. The normalized spacial score (nSPS) is 14.7. The molecule has 0 aliphatic carbocycles. The predicted octanol–water partition coefficient (Wildman–Crippen LogP) is 2.39. The maximum Gasteiger partial charge on any atom is 0.258 e. The number of benzene rings is 1. The first-order valence-electron chi connectivity index (χ1n) is 8.82. The van der Waals surface area contributed by atoms with Crippen LogP contribution in [0.1, 0.15) is 16.8 Å². The topological polar surface area (TPSA) is 63.5 Å². The maximum atomic E-state index is 13.1. The van der Waals surface area contributed by atoms with E-state index in [4.69, 9.17) is 5.26 Å². The van der Waals surface area contributed by atoms with Gasteiger partial charge in [-0.2, -0.15) is 5.26 Å². The molecule has 1 fully saturated rings. The van der Waals surface area contributed by atoms with Crippen molar-refractivity contribution in [1.82, 2.24) is 9.88 Å². The van der Waals surface area contributed by atoms with Crippen molar-refractivity contribution in [2.75, 3.05) is 49.6 Å². The van der Waals surface area contributed by atoms with Crippen LogP contribution in [-0.2, 0) is 0 Å². The summed E-state index contributed by atoms with van der Waals surface area (Å²) in [6.07, 6.45) is 1.98. The van der Waals surface area contributed by atoms with Gasteiger partial charge in [-0.25, -0.2) is 4.98 Å². The molecule has 1 aromatic carbocycles. The molecule has 1 aromatic heterocycles. The monoisotopic (exact) mass is 349 g/mol. The molecule has 6 nitrogen and oxygen atoms in total. The number of para-hydroxylation sites is 1. The number of hydrogen-bond donors (Lipinski definition) is 0. The summed E-state index contributed by atoms with van der Waals surface area (Å²) in [4.78, 5) is 23.7. The number of anilines is 2. The highest BCUT2D eigenvalue weighted by Gasteiger charge is 2.20. The fourth-order valence-corrected chi connectivity index (χ4v) is 3.03. The lowest BCUT2D eigenvalue weighted by molar-refractivity contribution is 0.0987. The molecule has 1 saturated heterocycles. The van der Waals surface area contributed by atoms with Crippen molar-refractivity contribution in [2.24, 2.45) is 0 Å². The van der Waals surface area contributed by atoms with Gasteiger partial charge in [0.1, 0.15) is 5.82 Å². The summed E-state index contributed by atoms with van der Waals surface area (Å²) in [7, 11) is 2.11. The zero-order valence-corrected chi connectivity index (χ0v) is 15.0. The zero-order valence-electron chi connectivity index (χ0n) is 15.0. The second-order valence-corrected chi connectivity index (χ2v) is 6.39. The fraction of sp³-hybridized carbons (Fsp3) is 0.350. The van der Waals surface area contributed by atoms with Gasteiger partial charge in [-0.15, -0.1) is 0 Å². The lowest BCUT2D eigenvalue weighted by Crippen LogP contribution is -2.44. The van der Waals surface area contributed by atoms with E-state index in [-0.39, 0.29) is 12.3 Å². The number of carbonyl (C=O) groups excluding carboxylic acids is 1. The molecule has 26 heavy (non-hydrogen) atoms. The van der Waals surface area contributed by atoms with Crippen LogP contribution in [0.25, 0.3) is 0 Å². The van der Waals surface area contributed by atoms with Crippen LogP contribution in [0.15, 0.2) is 48.7 Å². The Morgan fingerprint density at radius 2 is 1.92 bits per heavy atom. The summed E-state index contributed by atoms with van der Waals surface area (Å²) in [5.74, 6) is 0.724. The molecule has 0 saturated carbocycles. The van der Waals surface area contributed by atoms with Crippen LogP contribution >= 0.6 is 0 Å². The van der Waals surface area contributed by atoms with Gasteiger partial charge in [0.15, 0.2) is 0 Å². The third kappa shape index (κ3) is 4.19. The number of nitriles is 1. The van der Waals surface area contributed by atoms with E-state index in [0.29, 0.717) is 12.1 Å². The summed E-state index contributed by atoms with van der Waals surface area (Å²) < 4.78 is 0. The number of likely N-dealkylation sites (N-methyl/N-ethyl adjacent to an activating group) is 1. The summed E-state index contributed by atoms with van der Waals surface area (Å²) in [6.45, 7) is 4.14. The highest BCUT2D eigenvalue weighted by Crippen LogP contribution is 2.20. The molecule has 1 aliphatic rings. The number of aromatic nitrogens is 1. The van der Waals surface area contributed by atoms with Crippen molar-refractivity contribution in [3.8, 4) is 6.07 Å². The van der Waals surface area contributed by atoms with Crippen LogP contribution in [0.2, 0.25) is 0 Å². The molecule has 0 bridgehead atoms. The molecule has 0 unspecified atom stereocenters. The minimum atomic E-state index is -0.107. The Kier molecular flexibility index (Phi) is 5.82. The van der Waals surface area contributed by atoms with E-state index in [0.717, 1.165) is 37.7 Å². The van der Waals surface area contributed by atoms with Crippen LogP contribution < -0.4 is 9.80 Å². The van der Waals surface area contributed by atoms with Crippen molar-refractivity contribution < 1.29 is 4.79 Å². The van der Waals surface area contributed by atoms with Crippen molar-refractivity contribution in [2.45, 2.75) is 6.42 Å². The van der Waals surface area contributed by atoms with Crippen LogP contribution in [0, 0.1) is 11.3 Å². The second kappa shape index (κ2) is 8.45. The summed E-state index contributed by atoms with van der Waals surface area (Å²) in [6, 6.07) is 15.2. The fourth-order valence-electron chi connectivity index (χ4n) is 3.03. The van der Waals surface area contributed by atoms with Crippen LogP contribution in [-0.4, -0.2) is 55.6 Å². The van der Waals surface area contributed by atoms with Gasteiger partial charge in [0.25, 0.3) is 5.91 Å². The highest BCUT2D eigenvalue weighted by atomic mass is 16.2. The first-order chi connectivity index (χ1) is 12.7. The molecule has 0 radical (unpaired) electrons. The molecule has 6 heteroatoms. The van der Waals surface area contributed by atoms with Crippen molar-refractivity contribution in [1.29, 1.82) is 5.26 Å². The summed E-state index contributed by atoms with van der Waals surface area (Å²) in [5.41, 5.74) is 1.39. The Balaban J connectivity index is 1.83. The number of piperazine rings is 1. The number of hydrogen-bond acceptors (Lipinski definition) is 5. The smallest absolute Gasteiger partial charge is 0.258 e. The number of pyridine rings is 1. The number of nitrogens with zero attached hydrogens (tertiary/aromatic N) is 5. The average molecular weight is 349 g/mol. The quantitative estimate of drug-likeness (QED) is 0.829. The Bertz CT molecular complexity index is 778. The second-order valence-electron chi connectivity index (χ2n) is 6.39.